The Morgan fingerprint density at radius 2 is 1.60 bits per heavy atom. The van der Waals surface area contributed by atoms with Crippen LogP contribution in [0.5, 0.6) is 0 Å². The second-order valence-electron chi connectivity index (χ2n) is 6.79. The predicted molar refractivity (Wildman–Crippen MR) is 106 cm³/mol. The average molecular weight is 335 g/mol. The van der Waals surface area contributed by atoms with E-state index in [9.17, 15) is 0 Å². The minimum atomic E-state index is 1.03. The van der Waals surface area contributed by atoms with Gasteiger partial charge in [0.1, 0.15) is 5.82 Å². The van der Waals surface area contributed by atoms with Crippen molar-refractivity contribution in [2.75, 3.05) is 0 Å². The summed E-state index contributed by atoms with van der Waals surface area (Å²) in [5, 5.41) is 0. The molecule has 0 bridgehead atoms. The summed E-state index contributed by atoms with van der Waals surface area (Å²) in [6.07, 6.45) is 14.4. The van der Waals surface area contributed by atoms with Crippen LogP contribution in [0.25, 0.3) is 22.4 Å². The van der Waals surface area contributed by atoms with Gasteiger partial charge in [-0.2, -0.15) is 0 Å². The molecule has 3 rings (SSSR count). The highest BCUT2D eigenvalue weighted by Crippen LogP contribution is 2.25. The molecular weight excluding hydrogens is 306 g/mol. The summed E-state index contributed by atoms with van der Waals surface area (Å²) in [6, 6.07) is 12.5. The van der Waals surface area contributed by atoms with Gasteiger partial charge in [0.25, 0.3) is 0 Å². The highest BCUT2D eigenvalue weighted by Gasteiger charge is 2.11. The van der Waals surface area contributed by atoms with E-state index < -0.39 is 0 Å². The standard InChI is InChI=1S/C22H29N3/c1-2-3-4-5-6-7-8-11-17-25-21-15-10-9-14-20(21)24-22(25)19-13-12-16-23-18-19/h9-10,12-16,18H,2-8,11,17H2,1H3. The lowest BCUT2D eigenvalue weighted by molar-refractivity contribution is 0.549. The first kappa shape index (κ1) is 17.7. The Hall–Kier alpha value is -2.16. The number of hydrogen-bond acceptors (Lipinski definition) is 2. The Kier molecular flexibility index (Phi) is 6.61. The molecule has 0 amide bonds. The quantitative estimate of drug-likeness (QED) is 0.411. The van der Waals surface area contributed by atoms with Crippen molar-refractivity contribution in [3.8, 4) is 11.4 Å². The Morgan fingerprint density at radius 1 is 0.840 bits per heavy atom. The van der Waals surface area contributed by atoms with Crippen molar-refractivity contribution in [3.05, 3.63) is 48.8 Å². The van der Waals surface area contributed by atoms with Gasteiger partial charge in [0, 0.05) is 24.5 Å². The fourth-order valence-electron chi connectivity index (χ4n) is 3.42. The van der Waals surface area contributed by atoms with Crippen LogP contribution in [0.15, 0.2) is 48.8 Å². The molecule has 0 aliphatic rings. The lowest BCUT2D eigenvalue weighted by Gasteiger charge is -2.09. The first-order valence-electron chi connectivity index (χ1n) is 9.76. The van der Waals surface area contributed by atoms with E-state index in [2.05, 4.69) is 46.8 Å². The van der Waals surface area contributed by atoms with Crippen molar-refractivity contribution >= 4 is 11.0 Å². The SMILES string of the molecule is CCCCCCCCCCn1c(-c2cccnc2)nc2ccccc21. The van der Waals surface area contributed by atoms with Crippen LogP contribution in [0.2, 0.25) is 0 Å². The topological polar surface area (TPSA) is 30.7 Å². The van der Waals surface area contributed by atoms with Crippen LogP contribution in [-0.2, 0) is 6.54 Å². The number of nitrogens with zero attached hydrogens (tertiary/aromatic N) is 3. The number of rotatable bonds is 10. The summed E-state index contributed by atoms with van der Waals surface area (Å²) >= 11 is 0. The highest BCUT2D eigenvalue weighted by atomic mass is 15.1. The molecule has 2 heterocycles. The van der Waals surface area contributed by atoms with Crippen molar-refractivity contribution in [3.63, 3.8) is 0 Å². The maximum absolute atomic E-state index is 4.85. The van der Waals surface area contributed by atoms with E-state index in [0.29, 0.717) is 0 Å². The molecule has 2 aromatic heterocycles. The van der Waals surface area contributed by atoms with Crippen LogP contribution in [0.4, 0.5) is 0 Å². The zero-order valence-corrected chi connectivity index (χ0v) is 15.3. The fraction of sp³-hybridized carbons (Fsp3) is 0.455. The van der Waals surface area contributed by atoms with E-state index in [-0.39, 0.29) is 0 Å². The monoisotopic (exact) mass is 335 g/mol. The Bertz CT molecular complexity index is 761. The van der Waals surface area contributed by atoms with E-state index in [1.807, 2.05) is 18.5 Å². The van der Waals surface area contributed by atoms with Crippen LogP contribution in [0, 0.1) is 0 Å². The van der Waals surface area contributed by atoms with Crippen molar-refractivity contribution < 1.29 is 0 Å². The number of unbranched alkanes of at least 4 members (excludes halogenated alkanes) is 7. The normalized spacial score (nSPS) is 11.2. The molecule has 0 unspecified atom stereocenters. The number of benzene rings is 1. The van der Waals surface area contributed by atoms with Crippen LogP contribution < -0.4 is 0 Å². The van der Waals surface area contributed by atoms with E-state index in [1.54, 1.807) is 0 Å². The summed E-state index contributed by atoms with van der Waals surface area (Å²) in [6.45, 7) is 3.30. The van der Waals surface area contributed by atoms with Gasteiger partial charge in [0.05, 0.1) is 11.0 Å². The van der Waals surface area contributed by atoms with Gasteiger partial charge in [-0.1, -0.05) is 64.0 Å². The number of imidazole rings is 1. The molecule has 1 aromatic carbocycles. The third kappa shape index (κ3) is 4.68. The van der Waals surface area contributed by atoms with E-state index in [4.69, 9.17) is 4.98 Å². The third-order valence-electron chi connectivity index (χ3n) is 4.81. The Balaban J connectivity index is 1.64. The van der Waals surface area contributed by atoms with Crippen molar-refractivity contribution in [2.45, 2.75) is 64.8 Å². The third-order valence-corrected chi connectivity index (χ3v) is 4.81. The van der Waals surface area contributed by atoms with Gasteiger partial charge in [-0.15, -0.1) is 0 Å². The van der Waals surface area contributed by atoms with Gasteiger partial charge < -0.3 is 4.57 Å². The van der Waals surface area contributed by atoms with Gasteiger partial charge in [-0.05, 0) is 30.7 Å². The Morgan fingerprint density at radius 3 is 2.36 bits per heavy atom. The van der Waals surface area contributed by atoms with Crippen molar-refractivity contribution in [1.29, 1.82) is 0 Å². The van der Waals surface area contributed by atoms with E-state index >= 15 is 0 Å². The summed E-state index contributed by atoms with van der Waals surface area (Å²) in [4.78, 5) is 9.12. The molecule has 3 heteroatoms. The largest absolute Gasteiger partial charge is 0.324 e. The molecule has 0 N–H and O–H groups in total. The molecule has 0 saturated heterocycles. The highest BCUT2D eigenvalue weighted by molar-refractivity contribution is 5.80. The number of fused-ring (bicyclic) bond motifs is 1. The second-order valence-corrected chi connectivity index (χ2v) is 6.79. The lowest BCUT2D eigenvalue weighted by Crippen LogP contribution is -2.01. The van der Waals surface area contributed by atoms with E-state index in [1.165, 1.54) is 56.9 Å². The van der Waals surface area contributed by atoms with Crippen LogP contribution >= 0.6 is 0 Å². The molecule has 0 fully saturated rings. The fourth-order valence-corrected chi connectivity index (χ4v) is 3.42. The molecule has 25 heavy (non-hydrogen) atoms. The minimum absolute atomic E-state index is 1.03. The molecule has 0 radical (unpaired) electrons. The lowest BCUT2D eigenvalue weighted by atomic mass is 10.1. The number of hydrogen-bond donors (Lipinski definition) is 0. The molecule has 0 atom stereocenters. The van der Waals surface area contributed by atoms with Crippen LogP contribution in [0.3, 0.4) is 0 Å². The molecule has 132 valence electrons. The summed E-state index contributed by atoms with van der Waals surface area (Å²) in [5.41, 5.74) is 3.39. The number of para-hydroxylation sites is 2. The maximum atomic E-state index is 4.85. The second kappa shape index (κ2) is 9.36. The number of aryl methyl sites for hydroxylation is 1. The van der Waals surface area contributed by atoms with Crippen LogP contribution in [-0.4, -0.2) is 14.5 Å². The average Bonchev–Trinajstić information content (AvgIpc) is 3.03. The number of pyridine rings is 1. The van der Waals surface area contributed by atoms with Crippen molar-refractivity contribution in [1.82, 2.24) is 14.5 Å². The van der Waals surface area contributed by atoms with E-state index in [0.717, 1.165) is 23.4 Å². The first-order valence-corrected chi connectivity index (χ1v) is 9.76. The van der Waals surface area contributed by atoms with Gasteiger partial charge >= 0.3 is 0 Å². The molecule has 0 spiro atoms. The van der Waals surface area contributed by atoms with Crippen LogP contribution in [0.1, 0.15) is 58.3 Å². The summed E-state index contributed by atoms with van der Waals surface area (Å²) in [7, 11) is 0. The maximum Gasteiger partial charge on any atom is 0.142 e. The minimum Gasteiger partial charge on any atom is -0.324 e. The van der Waals surface area contributed by atoms with Gasteiger partial charge in [-0.3, -0.25) is 4.98 Å². The van der Waals surface area contributed by atoms with Gasteiger partial charge in [0.15, 0.2) is 0 Å². The molecule has 3 aromatic rings. The number of aromatic nitrogens is 3. The molecular formula is C22H29N3. The van der Waals surface area contributed by atoms with Gasteiger partial charge in [0.2, 0.25) is 0 Å². The molecule has 0 aliphatic heterocycles. The molecule has 0 saturated carbocycles. The molecule has 0 aliphatic carbocycles. The van der Waals surface area contributed by atoms with Crippen molar-refractivity contribution in [2.24, 2.45) is 0 Å². The predicted octanol–water partition coefficient (Wildman–Crippen LogP) is 6.24. The summed E-state index contributed by atoms with van der Waals surface area (Å²) in [5.74, 6) is 1.04. The summed E-state index contributed by atoms with van der Waals surface area (Å²) < 4.78 is 2.36. The first-order chi connectivity index (χ1) is 12.4. The zero-order chi connectivity index (χ0) is 17.3. The smallest absolute Gasteiger partial charge is 0.142 e. The molecule has 3 nitrogen and oxygen atoms in total. The van der Waals surface area contributed by atoms with Gasteiger partial charge in [-0.25, -0.2) is 4.98 Å². The Labute approximate surface area is 151 Å². The zero-order valence-electron chi connectivity index (χ0n) is 15.3.